The van der Waals surface area contributed by atoms with E-state index in [0.717, 1.165) is 25.7 Å². The maximum atomic E-state index is 11.3. The van der Waals surface area contributed by atoms with Crippen LogP contribution in [0.5, 0.6) is 0 Å². The topological polar surface area (TPSA) is 142 Å². The molecular weight excluding hydrogens is 452 g/mol. The number of carbonyl (C=O) groups excluding carboxylic acids is 2. The molecule has 2 N–H and O–H groups in total. The first kappa shape index (κ1) is 36.7. The van der Waals surface area contributed by atoms with Crippen molar-refractivity contribution in [3.8, 4) is 0 Å². The molecule has 33 heavy (non-hydrogen) atoms. The number of carboxylic acids is 2. The van der Waals surface area contributed by atoms with Crippen LogP contribution in [-0.4, -0.2) is 79.7 Å². The predicted octanol–water partition coefficient (Wildman–Crippen LogP) is 2.58. The van der Waals surface area contributed by atoms with Crippen LogP contribution in [0.15, 0.2) is 4.99 Å². The number of aliphatic imine (C=N–C) groups is 1. The van der Waals surface area contributed by atoms with Gasteiger partial charge in [0.15, 0.2) is 0 Å². The summed E-state index contributed by atoms with van der Waals surface area (Å²) in [7, 11) is 0. The zero-order valence-electron chi connectivity index (χ0n) is 20.9. The fourth-order valence-electron chi connectivity index (χ4n) is 2.83. The van der Waals surface area contributed by atoms with Crippen LogP contribution in [0, 0.1) is 0 Å². The summed E-state index contributed by atoms with van der Waals surface area (Å²) in [6, 6.07) is 0. The average molecular weight is 497 g/mol. The van der Waals surface area contributed by atoms with E-state index in [1.807, 2.05) is 0 Å². The number of rotatable bonds is 20. The first-order valence-electron chi connectivity index (χ1n) is 12.2. The fraction of sp³-hybridized carbons (Fsp3) is 0.833. The Morgan fingerprint density at radius 3 is 1.79 bits per heavy atom. The zero-order valence-corrected chi connectivity index (χ0v) is 23.1. The molecule has 0 aliphatic carbocycles. The molecule has 0 rings (SSSR count). The summed E-state index contributed by atoms with van der Waals surface area (Å²) in [6.07, 6.45) is 13.3. The van der Waals surface area contributed by atoms with Gasteiger partial charge in [0.05, 0.1) is 0 Å². The van der Waals surface area contributed by atoms with E-state index < -0.39 is 11.9 Å². The van der Waals surface area contributed by atoms with Gasteiger partial charge in [-0.2, -0.15) is 0 Å². The number of carboxylic acid groups (broad SMARTS) is 2. The molecule has 0 aromatic heterocycles. The van der Waals surface area contributed by atoms with Crippen molar-refractivity contribution in [2.75, 3.05) is 13.1 Å². The summed E-state index contributed by atoms with van der Waals surface area (Å²) in [5.74, 6) is -1.95. The minimum Gasteiger partial charge on any atom is -0.862 e. The molecule has 0 atom stereocenters. The van der Waals surface area contributed by atoms with Crippen molar-refractivity contribution in [2.24, 2.45) is 4.99 Å². The Labute approximate surface area is 230 Å². The van der Waals surface area contributed by atoms with Crippen molar-refractivity contribution in [1.82, 2.24) is 5.32 Å². The maximum Gasteiger partial charge on any atom is 2.00 e. The molecule has 9 heteroatoms. The van der Waals surface area contributed by atoms with Gasteiger partial charge >= 0.3 is 43.7 Å². The Hall–Kier alpha value is -0.860. The Bertz CT molecular complexity index is 515. The number of carbonyl (C=O) groups is 3. The van der Waals surface area contributed by atoms with Gasteiger partial charge in [0, 0.05) is 31.9 Å². The van der Waals surface area contributed by atoms with E-state index in [1.165, 1.54) is 38.5 Å². The summed E-state index contributed by atoms with van der Waals surface area (Å²) in [5.41, 5.74) is 0. The van der Waals surface area contributed by atoms with E-state index in [4.69, 9.17) is 5.11 Å². The van der Waals surface area contributed by atoms with Crippen LogP contribution in [0.1, 0.15) is 117 Å². The molecule has 0 bridgehead atoms. The van der Waals surface area contributed by atoms with E-state index in [-0.39, 0.29) is 62.4 Å². The summed E-state index contributed by atoms with van der Waals surface area (Å²) in [6.45, 7) is 5.09. The van der Waals surface area contributed by atoms with E-state index >= 15 is 0 Å². The van der Waals surface area contributed by atoms with Crippen LogP contribution in [0.25, 0.3) is 0 Å². The summed E-state index contributed by atoms with van der Waals surface area (Å²) in [4.78, 5) is 35.3. The Morgan fingerprint density at radius 1 is 0.727 bits per heavy atom. The smallest absolute Gasteiger partial charge is 0.862 e. The third-order valence-corrected chi connectivity index (χ3v) is 4.72. The Balaban J connectivity index is -0.000000529. The second-order valence-corrected chi connectivity index (χ2v) is 7.93. The van der Waals surface area contributed by atoms with Crippen molar-refractivity contribution in [1.29, 1.82) is 0 Å². The molecule has 1 amide bonds. The van der Waals surface area contributed by atoms with E-state index in [9.17, 15) is 24.6 Å². The number of nitrogens with one attached hydrogen (secondary N) is 1. The molecule has 0 spiro atoms. The van der Waals surface area contributed by atoms with Crippen molar-refractivity contribution >= 4 is 61.5 Å². The van der Waals surface area contributed by atoms with E-state index in [1.54, 1.807) is 0 Å². The van der Waals surface area contributed by atoms with Gasteiger partial charge in [0.1, 0.15) is 0 Å². The van der Waals surface area contributed by atoms with Gasteiger partial charge in [0.25, 0.3) is 0 Å². The normalized spacial score (nSPS) is 10.5. The number of aliphatic carboxylic acids is 2. The molecule has 0 fully saturated rings. The fourth-order valence-corrected chi connectivity index (χ4v) is 2.83. The van der Waals surface area contributed by atoms with Gasteiger partial charge in [-0.05, 0) is 44.4 Å². The number of unbranched alkanes of at least 4 members (excludes halogenated alkanes) is 8. The van der Waals surface area contributed by atoms with Crippen LogP contribution < -0.4 is 15.5 Å². The monoisotopic (exact) mass is 496 g/mol. The zero-order chi connectivity index (χ0) is 24.5. The van der Waals surface area contributed by atoms with E-state index in [0.29, 0.717) is 38.8 Å². The minimum absolute atomic E-state index is 0. The standard InChI is InChI=1S/2C12H23NO3.Ca/c2*1-2-3-4-5-6-8-11(14)13-10-7-9-12(15)16;/h2*2-10H2,1H3,(H,13,14)(H,15,16);/q;;+2/p-2. The van der Waals surface area contributed by atoms with Crippen molar-refractivity contribution in [3.63, 3.8) is 0 Å². The SMILES string of the molecule is CCCCCCCC(=O)NCCCC(=O)O.CCCCCCCC([O-])=NCCCC(=O)[O-].[Ca+2]. The second-order valence-electron chi connectivity index (χ2n) is 7.93. The first-order chi connectivity index (χ1) is 15.3. The molecule has 0 aliphatic rings. The quantitative estimate of drug-likeness (QED) is 0.115. The van der Waals surface area contributed by atoms with Crippen LogP contribution in [0.4, 0.5) is 0 Å². The molecule has 0 unspecified atom stereocenters. The van der Waals surface area contributed by atoms with Gasteiger partial charge in [-0.3, -0.25) is 9.59 Å². The molecule has 0 aromatic carbocycles. The summed E-state index contributed by atoms with van der Waals surface area (Å²) >= 11 is 0. The number of amides is 1. The van der Waals surface area contributed by atoms with Crippen molar-refractivity contribution in [3.05, 3.63) is 0 Å². The molecule has 188 valence electrons. The molecular formula is C24H44CaN2O6. The number of nitrogens with zero attached hydrogens (tertiary/aromatic N) is 1. The average Bonchev–Trinajstić information content (AvgIpc) is 2.74. The van der Waals surface area contributed by atoms with Crippen LogP contribution in [-0.2, 0) is 14.4 Å². The summed E-state index contributed by atoms with van der Waals surface area (Å²) in [5, 5.41) is 32.4. The van der Waals surface area contributed by atoms with Gasteiger partial charge < -0.3 is 30.4 Å². The predicted molar refractivity (Wildman–Crippen MR) is 129 cm³/mol. The van der Waals surface area contributed by atoms with Crippen molar-refractivity contribution < 1.29 is 29.7 Å². The Kier molecular flexibility index (Phi) is 32.4. The van der Waals surface area contributed by atoms with Crippen LogP contribution in [0.3, 0.4) is 0 Å². The second kappa shape index (κ2) is 29.2. The molecule has 0 saturated heterocycles. The van der Waals surface area contributed by atoms with Crippen LogP contribution >= 0.6 is 0 Å². The maximum absolute atomic E-state index is 11.3. The molecule has 0 aliphatic heterocycles. The summed E-state index contributed by atoms with van der Waals surface area (Å²) < 4.78 is 0. The van der Waals surface area contributed by atoms with Gasteiger partial charge in [-0.1, -0.05) is 65.2 Å². The third kappa shape index (κ3) is 35.9. The molecule has 0 saturated carbocycles. The van der Waals surface area contributed by atoms with Crippen molar-refractivity contribution in [2.45, 2.75) is 117 Å². The molecule has 8 nitrogen and oxygen atoms in total. The number of hydrogen-bond donors (Lipinski definition) is 2. The molecule has 0 radical (unpaired) electrons. The first-order valence-corrected chi connectivity index (χ1v) is 12.2. The van der Waals surface area contributed by atoms with Crippen LogP contribution in [0.2, 0.25) is 0 Å². The van der Waals surface area contributed by atoms with Gasteiger partial charge in [-0.15, -0.1) is 0 Å². The van der Waals surface area contributed by atoms with Gasteiger partial charge in [-0.25, -0.2) is 0 Å². The molecule has 0 aromatic rings. The Morgan fingerprint density at radius 2 is 1.27 bits per heavy atom. The third-order valence-electron chi connectivity index (χ3n) is 4.72. The van der Waals surface area contributed by atoms with Gasteiger partial charge in [0.2, 0.25) is 5.91 Å². The number of hydrogen-bond acceptors (Lipinski definition) is 6. The van der Waals surface area contributed by atoms with E-state index in [2.05, 4.69) is 24.2 Å². The minimum atomic E-state index is -1.08. The molecule has 0 heterocycles. The largest absolute Gasteiger partial charge is 2.00 e.